The molecule has 21 heavy (non-hydrogen) atoms. The van der Waals surface area contributed by atoms with Gasteiger partial charge in [0.05, 0.1) is 18.6 Å². The Balaban J connectivity index is 2.00. The van der Waals surface area contributed by atoms with Crippen molar-refractivity contribution in [1.82, 2.24) is 10.3 Å². The zero-order valence-corrected chi connectivity index (χ0v) is 13.0. The molecular weight excluding hydrogens is 266 g/mol. The number of carbonyl (C=O) groups is 1. The average Bonchev–Trinajstić information content (AvgIpc) is 2.50. The van der Waals surface area contributed by atoms with Crippen LogP contribution < -0.4 is 11.3 Å². The van der Waals surface area contributed by atoms with Gasteiger partial charge < -0.3 is 4.74 Å². The van der Waals surface area contributed by atoms with Gasteiger partial charge in [-0.1, -0.05) is 24.3 Å². The van der Waals surface area contributed by atoms with E-state index in [-0.39, 0.29) is 17.9 Å². The Morgan fingerprint density at radius 3 is 2.71 bits per heavy atom. The fourth-order valence-corrected chi connectivity index (χ4v) is 2.61. The molecule has 1 heterocycles. The zero-order valence-electron chi connectivity index (χ0n) is 13.0. The highest BCUT2D eigenvalue weighted by molar-refractivity contribution is 5.82. The van der Waals surface area contributed by atoms with Crippen molar-refractivity contribution < 1.29 is 9.53 Å². The van der Waals surface area contributed by atoms with E-state index in [9.17, 15) is 4.79 Å². The summed E-state index contributed by atoms with van der Waals surface area (Å²) in [7, 11) is 0. The van der Waals surface area contributed by atoms with Crippen molar-refractivity contribution in [3.8, 4) is 0 Å². The first-order valence-electron chi connectivity index (χ1n) is 7.46. The molecule has 5 nitrogen and oxygen atoms in total. The molecule has 0 aliphatic carbocycles. The van der Waals surface area contributed by atoms with Gasteiger partial charge in [-0.15, -0.1) is 0 Å². The maximum Gasteiger partial charge on any atom is 0.241 e. The summed E-state index contributed by atoms with van der Waals surface area (Å²) in [6.45, 7) is 8.79. The molecule has 0 saturated carbocycles. The third kappa shape index (κ3) is 4.03. The van der Waals surface area contributed by atoms with Crippen LogP contribution in [0.25, 0.3) is 0 Å². The summed E-state index contributed by atoms with van der Waals surface area (Å²) >= 11 is 0. The van der Waals surface area contributed by atoms with Gasteiger partial charge in [-0.05, 0) is 31.9 Å². The van der Waals surface area contributed by atoms with E-state index >= 15 is 0 Å². The quantitative estimate of drug-likeness (QED) is 0.500. The Hall–Kier alpha value is -1.43. The Morgan fingerprint density at radius 2 is 2.10 bits per heavy atom. The lowest BCUT2D eigenvalue weighted by atomic mass is 9.99. The Kier molecular flexibility index (Phi) is 5.33. The monoisotopic (exact) mass is 291 g/mol. The van der Waals surface area contributed by atoms with Crippen molar-refractivity contribution in [3.63, 3.8) is 0 Å². The first-order chi connectivity index (χ1) is 10.0. The summed E-state index contributed by atoms with van der Waals surface area (Å²) < 4.78 is 5.65. The minimum absolute atomic E-state index is 0.168. The van der Waals surface area contributed by atoms with Crippen molar-refractivity contribution in [2.45, 2.75) is 45.4 Å². The number of hydrazine groups is 1. The van der Waals surface area contributed by atoms with Gasteiger partial charge in [0.25, 0.3) is 0 Å². The van der Waals surface area contributed by atoms with Crippen LogP contribution in [0.15, 0.2) is 24.3 Å². The highest BCUT2D eigenvalue weighted by Crippen LogP contribution is 2.19. The molecule has 1 fully saturated rings. The molecule has 116 valence electrons. The summed E-state index contributed by atoms with van der Waals surface area (Å²) in [4.78, 5) is 14.0. The lowest BCUT2D eigenvalue weighted by Gasteiger charge is -2.36. The number of nitrogens with two attached hydrogens (primary N) is 1. The number of rotatable bonds is 4. The van der Waals surface area contributed by atoms with Crippen LogP contribution >= 0.6 is 0 Å². The first-order valence-corrected chi connectivity index (χ1v) is 7.46. The Morgan fingerprint density at radius 1 is 1.43 bits per heavy atom. The largest absolute Gasteiger partial charge is 0.376 e. The third-order valence-corrected chi connectivity index (χ3v) is 4.14. The van der Waals surface area contributed by atoms with Gasteiger partial charge in [0.1, 0.15) is 0 Å². The number of benzene rings is 1. The highest BCUT2D eigenvalue weighted by atomic mass is 16.5. The van der Waals surface area contributed by atoms with Crippen LogP contribution in [0.1, 0.15) is 37.8 Å². The number of hydrogen-bond donors (Lipinski definition) is 2. The summed E-state index contributed by atoms with van der Waals surface area (Å²) in [6, 6.07) is 8.61. The van der Waals surface area contributed by atoms with Crippen molar-refractivity contribution in [2.75, 3.05) is 13.2 Å². The number of ether oxygens (including phenoxy) is 1. The third-order valence-electron chi connectivity index (χ3n) is 4.14. The second-order valence-corrected chi connectivity index (χ2v) is 5.89. The number of nitrogens with one attached hydrogen (secondary N) is 1. The summed E-state index contributed by atoms with van der Waals surface area (Å²) in [6.07, 6.45) is 0.286. The topological polar surface area (TPSA) is 67.6 Å². The van der Waals surface area contributed by atoms with Crippen molar-refractivity contribution >= 4 is 5.91 Å². The fraction of sp³-hybridized carbons (Fsp3) is 0.562. The van der Waals surface area contributed by atoms with Crippen LogP contribution in [0.3, 0.4) is 0 Å². The molecule has 3 N–H and O–H groups in total. The van der Waals surface area contributed by atoms with Crippen LogP contribution in [-0.4, -0.2) is 36.1 Å². The van der Waals surface area contributed by atoms with Crippen LogP contribution in [0, 0.1) is 0 Å². The minimum Gasteiger partial charge on any atom is -0.376 e. The van der Waals surface area contributed by atoms with E-state index in [0.29, 0.717) is 6.04 Å². The predicted molar refractivity (Wildman–Crippen MR) is 82.5 cm³/mol. The van der Waals surface area contributed by atoms with E-state index in [0.717, 1.165) is 25.3 Å². The van der Waals surface area contributed by atoms with Crippen molar-refractivity contribution in [1.29, 1.82) is 0 Å². The molecule has 0 bridgehead atoms. The lowest BCUT2D eigenvalue weighted by molar-refractivity contribution is -0.122. The number of amides is 1. The molecule has 2 rings (SSSR count). The lowest BCUT2D eigenvalue weighted by Crippen LogP contribution is -2.46. The van der Waals surface area contributed by atoms with E-state index in [4.69, 9.17) is 10.6 Å². The summed E-state index contributed by atoms with van der Waals surface area (Å²) in [5.74, 6) is 4.78. The molecule has 1 aromatic carbocycles. The number of nitrogens with zero attached hydrogens (tertiary/aromatic N) is 1. The normalized spacial score (nSPS) is 24.6. The van der Waals surface area contributed by atoms with Crippen molar-refractivity contribution in [3.05, 3.63) is 35.4 Å². The Bertz CT molecular complexity index is 475. The van der Waals surface area contributed by atoms with E-state index in [1.54, 1.807) is 0 Å². The van der Waals surface area contributed by atoms with Gasteiger partial charge in [-0.3, -0.25) is 15.1 Å². The molecule has 1 aromatic rings. The second-order valence-electron chi connectivity index (χ2n) is 5.89. The standard InChI is InChI=1S/C16H25N3O2/c1-11-10-21-12(2)8-19(11)9-14-4-6-15(7-5-14)13(3)16(20)18-17/h4-7,11-13H,8-10,17H2,1-3H3,(H,18,20). The molecule has 0 spiro atoms. The van der Waals surface area contributed by atoms with Gasteiger partial charge in [0, 0.05) is 19.1 Å². The van der Waals surface area contributed by atoms with E-state index in [2.05, 4.69) is 36.3 Å². The zero-order chi connectivity index (χ0) is 15.4. The van der Waals surface area contributed by atoms with Crippen LogP contribution in [0.4, 0.5) is 0 Å². The van der Waals surface area contributed by atoms with Crippen LogP contribution in [0.5, 0.6) is 0 Å². The van der Waals surface area contributed by atoms with E-state index in [1.807, 2.05) is 19.1 Å². The number of hydrogen-bond acceptors (Lipinski definition) is 4. The predicted octanol–water partition coefficient (Wildman–Crippen LogP) is 1.39. The second kappa shape index (κ2) is 7.02. The van der Waals surface area contributed by atoms with Gasteiger partial charge in [-0.2, -0.15) is 0 Å². The SMILES string of the molecule is CC1CN(Cc2ccc(C(C)C(=O)NN)cc2)C(C)CO1. The van der Waals surface area contributed by atoms with E-state index in [1.165, 1.54) is 5.56 Å². The number of carbonyl (C=O) groups excluding carboxylic acids is 1. The van der Waals surface area contributed by atoms with Gasteiger partial charge in [-0.25, -0.2) is 5.84 Å². The molecule has 1 amide bonds. The van der Waals surface area contributed by atoms with Crippen LogP contribution in [0.2, 0.25) is 0 Å². The molecule has 0 radical (unpaired) electrons. The maximum absolute atomic E-state index is 11.5. The fourth-order valence-electron chi connectivity index (χ4n) is 2.61. The molecular formula is C16H25N3O2. The molecule has 0 aromatic heterocycles. The van der Waals surface area contributed by atoms with Crippen LogP contribution in [-0.2, 0) is 16.1 Å². The molecule has 5 heteroatoms. The molecule has 3 atom stereocenters. The summed E-state index contributed by atoms with van der Waals surface area (Å²) in [5.41, 5.74) is 4.42. The minimum atomic E-state index is -0.230. The maximum atomic E-state index is 11.5. The van der Waals surface area contributed by atoms with Gasteiger partial charge >= 0.3 is 0 Å². The smallest absolute Gasteiger partial charge is 0.241 e. The first kappa shape index (κ1) is 15.9. The highest BCUT2D eigenvalue weighted by Gasteiger charge is 2.23. The molecule has 1 aliphatic rings. The molecule has 3 unspecified atom stereocenters. The molecule has 1 aliphatic heterocycles. The van der Waals surface area contributed by atoms with Gasteiger partial charge in [0.15, 0.2) is 0 Å². The van der Waals surface area contributed by atoms with Gasteiger partial charge in [0.2, 0.25) is 5.91 Å². The summed E-state index contributed by atoms with van der Waals surface area (Å²) in [5, 5.41) is 0. The Labute approximate surface area is 126 Å². The van der Waals surface area contributed by atoms with E-state index < -0.39 is 0 Å². The number of morpholine rings is 1. The molecule has 1 saturated heterocycles. The van der Waals surface area contributed by atoms with Crippen molar-refractivity contribution in [2.24, 2.45) is 5.84 Å². The average molecular weight is 291 g/mol.